The first-order chi connectivity index (χ1) is 11.6. The van der Waals surface area contributed by atoms with Crippen LogP contribution in [0.5, 0.6) is 0 Å². The summed E-state index contributed by atoms with van der Waals surface area (Å²) in [4.78, 5) is 21.4. The molecule has 1 amide bonds. The number of nitrogens with zero attached hydrogens (tertiary/aromatic N) is 4. The number of piperazine rings is 1. The lowest BCUT2D eigenvalue weighted by Gasteiger charge is -2.43. The van der Waals surface area contributed by atoms with Gasteiger partial charge in [-0.15, -0.1) is 0 Å². The van der Waals surface area contributed by atoms with Gasteiger partial charge in [0.2, 0.25) is 0 Å². The Morgan fingerprint density at radius 2 is 2.00 bits per heavy atom. The van der Waals surface area contributed by atoms with Crippen LogP contribution in [-0.4, -0.2) is 57.0 Å². The first-order valence-electron chi connectivity index (χ1n) is 8.73. The topological polar surface area (TPSA) is 41.4 Å². The molecule has 0 aliphatic carbocycles. The molecule has 0 radical (unpaired) electrons. The van der Waals surface area contributed by atoms with Gasteiger partial charge in [0.15, 0.2) is 0 Å². The number of hydrogen-bond acceptors (Lipinski definition) is 3. The minimum atomic E-state index is 0.133. The zero-order valence-corrected chi connectivity index (χ0v) is 14.7. The van der Waals surface area contributed by atoms with Gasteiger partial charge in [0, 0.05) is 55.4 Å². The maximum atomic E-state index is 12.8. The first-order valence-corrected chi connectivity index (χ1v) is 8.73. The molecule has 3 rings (SSSR count). The van der Waals surface area contributed by atoms with Crippen LogP contribution in [0, 0.1) is 0 Å². The molecule has 5 nitrogen and oxygen atoms in total. The molecule has 1 aliphatic heterocycles. The van der Waals surface area contributed by atoms with E-state index in [1.807, 2.05) is 39.9 Å². The summed E-state index contributed by atoms with van der Waals surface area (Å²) >= 11 is 0. The monoisotopic (exact) mass is 326 g/mol. The summed E-state index contributed by atoms with van der Waals surface area (Å²) in [6, 6.07) is 8.74. The number of rotatable bonds is 4. The number of carbonyl (C=O) groups is 1. The van der Waals surface area contributed by atoms with Crippen molar-refractivity contribution in [3.05, 3.63) is 48.5 Å². The van der Waals surface area contributed by atoms with Crippen molar-refractivity contribution in [3.63, 3.8) is 0 Å². The van der Waals surface area contributed by atoms with Gasteiger partial charge in [0.1, 0.15) is 0 Å². The van der Waals surface area contributed by atoms with Gasteiger partial charge in [-0.25, -0.2) is 4.98 Å². The Bertz CT molecular complexity index is 663. The molecule has 0 bridgehead atoms. The summed E-state index contributed by atoms with van der Waals surface area (Å²) in [7, 11) is 0. The molecule has 1 fully saturated rings. The van der Waals surface area contributed by atoms with E-state index in [9.17, 15) is 4.79 Å². The molecule has 1 aromatic carbocycles. The highest BCUT2D eigenvalue weighted by Gasteiger charge is 2.30. The van der Waals surface area contributed by atoms with Crippen LogP contribution < -0.4 is 0 Å². The molecule has 1 aliphatic rings. The Kier molecular flexibility index (Phi) is 5.00. The van der Waals surface area contributed by atoms with Crippen molar-refractivity contribution >= 4 is 5.91 Å². The van der Waals surface area contributed by atoms with E-state index in [2.05, 4.69) is 30.7 Å². The third-order valence-electron chi connectivity index (χ3n) is 4.87. The fraction of sp³-hybridized carbons (Fsp3) is 0.474. The highest BCUT2D eigenvalue weighted by atomic mass is 16.2. The lowest BCUT2D eigenvalue weighted by Crippen LogP contribution is -2.56. The van der Waals surface area contributed by atoms with E-state index < -0.39 is 0 Å². The van der Waals surface area contributed by atoms with Gasteiger partial charge in [-0.3, -0.25) is 9.69 Å². The molecule has 0 saturated carbocycles. The molecular formula is C19H26N4O. The minimum absolute atomic E-state index is 0.133. The van der Waals surface area contributed by atoms with Gasteiger partial charge in [0.25, 0.3) is 5.91 Å². The number of amides is 1. The second-order valence-electron chi connectivity index (χ2n) is 6.66. The molecule has 5 heteroatoms. The van der Waals surface area contributed by atoms with Gasteiger partial charge >= 0.3 is 0 Å². The fourth-order valence-corrected chi connectivity index (χ4v) is 3.47. The standard InChI is InChI=1S/C19H26N4O/c1-4-17-13-21(11-12-23(17)15(2)3)19(24)16-5-7-18(8-6-16)22-10-9-20-14-22/h5-10,14-15,17H,4,11-13H2,1-3H3/t17-/m0/s1. The third-order valence-corrected chi connectivity index (χ3v) is 4.87. The zero-order chi connectivity index (χ0) is 17.1. The number of hydrogen-bond donors (Lipinski definition) is 0. The van der Waals surface area contributed by atoms with Crippen LogP contribution in [0.1, 0.15) is 37.6 Å². The van der Waals surface area contributed by atoms with Crippen molar-refractivity contribution in [2.24, 2.45) is 0 Å². The van der Waals surface area contributed by atoms with Crippen LogP contribution in [0.15, 0.2) is 43.0 Å². The molecule has 24 heavy (non-hydrogen) atoms. The Morgan fingerprint density at radius 1 is 1.25 bits per heavy atom. The van der Waals surface area contributed by atoms with E-state index in [4.69, 9.17) is 0 Å². The number of imidazole rings is 1. The SMILES string of the molecule is CC[C@H]1CN(C(=O)c2ccc(-n3ccnc3)cc2)CCN1C(C)C. The number of aromatic nitrogens is 2. The molecule has 128 valence electrons. The summed E-state index contributed by atoms with van der Waals surface area (Å²) < 4.78 is 1.93. The van der Waals surface area contributed by atoms with Gasteiger partial charge in [-0.05, 0) is 44.5 Å². The maximum Gasteiger partial charge on any atom is 0.253 e. The van der Waals surface area contributed by atoms with Crippen LogP contribution >= 0.6 is 0 Å². The van der Waals surface area contributed by atoms with Crippen LogP contribution in [-0.2, 0) is 0 Å². The Labute approximate surface area is 143 Å². The van der Waals surface area contributed by atoms with Crippen LogP contribution in [0.3, 0.4) is 0 Å². The predicted molar refractivity (Wildman–Crippen MR) is 95.4 cm³/mol. The van der Waals surface area contributed by atoms with E-state index in [1.165, 1.54) is 0 Å². The van der Waals surface area contributed by atoms with Gasteiger partial charge < -0.3 is 9.47 Å². The van der Waals surface area contributed by atoms with Gasteiger partial charge in [-0.2, -0.15) is 0 Å². The summed E-state index contributed by atoms with van der Waals surface area (Å²) in [6.45, 7) is 9.24. The van der Waals surface area contributed by atoms with E-state index >= 15 is 0 Å². The average Bonchev–Trinajstić information content (AvgIpc) is 3.15. The van der Waals surface area contributed by atoms with Crippen molar-refractivity contribution in [2.45, 2.75) is 39.3 Å². The summed E-state index contributed by atoms with van der Waals surface area (Å²) in [5.74, 6) is 0.133. The number of carbonyl (C=O) groups excluding carboxylic acids is 1. The third kappa shape index (κ3) is 3.36. The summed E-state index contributed by atoms with van der Waals surface area (Å²) in [5, 5.41) is 0. The van der Waals surface area contributed by atoms with Crippen molar-refractivity contribution in [1.82, 2.24) is 19.4 Å². The first kappa shape index (κ1) is 16.7. The van der Waals surface area contributed by atoms with Gasteiger partial charge in [0.05, 0.1) is 6.33 Å². The normalized spacial score (nSPS) is 19.0. The highest BCUT2D eigenvalue weighted by Crippen LogP contribution is 2.18. The Hall–Kier alpha value is -2.14. The molecule has 0 unspecified atom stereocenters. The highest BCUT2D eigenvalue weighted by molar-refractivity contribution is 5.94. The van der Waals surface area contributed by atoms with Crippen LogP contribution in [0.25, 0.3) is 5.69 Å². The van der Waals surface area contributed by atoms with E-state index in [0.717, 1.165) is 37.3 Å². The molecule has 0 N–H and O–H groups in total. The Balaban J connectivity index is 1.70. The molecule has 1 aromatic heterocycles. The van der Waals surface area contributed by atoms with Crippen LogP contribution in [0.4, 0.5) is 0 Å². The van der Waals surface area contributed by atoms with Crippen molar-refractivity contribution in [3.8, 4) is 5.69 Å². The van der Waals surface area contributed by atoms with Gasteiger partial charge in [-0.1, -0.05) is 6.92 Å². The summed E-state index contributed by atoms with van der Waals surface area (Å²) in [6.07, 6.45) is 6.47. The molecular weight excluding hydrogens is 300 g/mol. The van der Waals surface area contributed by atoms with Crippen molar-refractivity contribution < 1.29 is 4.79 Å². The Morgan fingerprint density at radius 3 is 2.58 bits per heavy atom. The van der Waals surface area contributed by atoms with Crippen molar-refractivity contribution in [2.75, 3.05) is 19.6 Å². The summed E-state index contributed by atoms with van der Waals surface area (Å²) in [5.41, 5.74) is 1.77. The lowest BCUT2D eigenvalue weighted by molar-refractivity contribution is 0.0371. The van der Waals surface area contributed by atoms with E-state index in [1.54, 1.807) is 12.5 Å². The number of benzene rings is 1. The fourth-order valence-electron chi connectivity index (χ4n) is 3.47. The minimum Gasteiger partial charge on any atom is -0.336 e. The predicted octanol–water partition coefficient (Wildman–Crippen LogP) is 2.82. The van der Waals surface area contributed by atoms with E-state index in [0.29, 0.717) is 12.1 Å². The average molecular weight is 326 g/mol. The van der Waals surface area contributed by atoms with Crippen molar-refractivity contribution in [1.29, 1.82) is 0 Å². The smallest absolute Gasteiger partial charge is 0.253 e. The molecule has 2 aromatic rings. The molecule has 1 saturated heterocycles. The van der Waals surface area contributed by atoms with E-state index in [-0.39, 0.29) is 5.91 Å². The molecule has 0 spiro atoms. The van der Waals surface area contributed by atoms with Crippen LogP contribution in [0.2, 0.25) is 0 Å². The maximum absolute atomic E-state index is 12.8. The quantitative estimate of drug-likeness (QED) is 0.867. The second kappa shape index (κ2) is 7.18. The zero-order valence-electron chi connectivity index (χ0n) is 14.7. The molecule has 1 atom stereocenters. The second-order valence-corrected chi connectivity index (χ2v) is 6.66. The molecule has 2 heterocycles. The largest absolute Gasteiger partial charge is 0.336 e. The lowest BCUT2D eigenvalue weighted by atomic mass is 10.1.